The molecule has 3 nitrogen and oxygen atoms in total. The molecule has 0 amide bonds. The minimum Gasteiger partial charge on any atom is -0.398 e. The summed E-state index contributed by atoms with van der Waals surface area (Å²) in [4.78, 5) is 2.42. The molecule has 1 heterocycles. The largest absolute Gasteiger partial charge is 0.398 e. The summed E-state index contributed by atoms with van der Waals surface area (Å²) in [6.07, 6.45) is 2.40. The summed E-state index contributed by atoms with van der Waals surface area (Å²) in [5.41, 5.74) is 9.09. The van der Waals surface area contributed by atoms with Gasteiger partial charge in [0, 0.05) is 30.0 Å². The molecule has 1 aliphatic rings. The van der Waals surface area contributed by atoms with E-state index in [0.717, 1.165) is 16.9 Å². The van der Waals surface area contributed by atoms with Gasteiger partial charge in [0.1, 0.15) is 0 Å². The van der Waals surface area contributed by atoms with Crippen molar-refractivity contribution < 1.29 is 0 Å². The van der Waals surface area contributed by atoms with Crippen LogP contribution >= 0.6 is 0 Å². The van der Waals surface area contributed by atoms with Crippen molar-refractivity contribution in [2.45, 2.75) is 38.8 Å². The highest BCUT2D eigenvalue weighted by molar-refractivity contribution is 5.58. The maximum atomic E-state index is 5.93. The lowest BCUT2D eigenvalue weighted by atomic mass is 9.98. The van der Waals surface area contributed by atoms with E-state index in [9.17, 15) is 0 Å². The summed E-state index contributed by atoms with van der Waals surface area (Å²) in [7, 11) is 2.20. The topological polar surface area (TPSA) is 41.3 Å². The van der Waals surface area contributed by atoms with Crippen LogP contribution in [-0.4, -0.2) is 30.6 Å². The smallest absolute Gasteiger partial charge is 0.0364 e. The summed E-state index contributed by atoms with van der Waals surface area (Å²) in [6.45, 7) is 5.49. The average Bonchev–Trinajstić information content (AvgIpc) is 2.29. The van der Waals surface area contributed by atoms with Crippen molar-refractivity contribution in [3.8, 4) is 0 Å². The van der Waals surface area contributed by atoms with Crippen LogP contribution in [0.4, 0.5) is 11.4 Å². The normalized spacial score (nSPS) is 25.8. The van der Waals surface area contributed by atoms with Gasteiger partial charge in [-0.25, -0.2) is 0 Å². The molecule has 0 aromatic heterocycles. The number of nitrogens with zero attached hydrogens (tertiary/aromatic N) is 1. The van der Waals surface area contributed by atoms with Crippen LogP contribution in [0, 0.1) is 6.92 Å². The van der Waals surface area contributed by atoms with E-state index in [-0.39, 0.29) is 0 Å². The highest BCUT2D eigenvalue weighted by atomic mass is 15.1. The Labute approximate surface area is 104 Å². The lowest BCUT2D eigenvalue weighted by molar-refractivity contribution is 0.190. The summed E-state index contributed by atoms with van der Waals surface area (Å²) in [5.74, 6) is 0. The van der Waals surface area contributed by atoms with Crippen LogP contribution in [0.5, 0.6) is 0 Å². The number of anilines is 2. The van der Waals surface area contributed by atoms with Gasteiger partial charge in [-0.3, -0.25) is 0 Å². The van der Waals surface area contributed by atoms with Crippen molar-refractivity contribution in [1.82, 2.24) is 4.90 Å². The van der Waals surface area contributed by atoms with Crippen LogP contribution in [0.2, 0.25) is 0 Å². The van der Waals surface area contributed by atoms with Crippen molar-refractivity contribution in [2.24, 2.45) is 0 Å². The second-order valence-corrected chi connectivity index (χ2v) is 5.27. The predicted molar refractivity (Wildman–Crippen MR) is 74.3 cm³/mol. The maximum Gasteiger partial charge on any atom is 0.0364 e. The molecule has 0 bridgehead atoms. The molecule has 3 N–H and O–H groups in total. The van der Waals surface area contributed by atoms with Gasteiger partial charge < -0.3 is 16.0 Å². The number of hydrogen-bond acceptors (Lipinski definition) is 3. The molecule has 17 heavy (non-hydrogen) atoms. The molecule has 0 aliphatic carbocycles. The van der Waals surface area contributed by atoms with Crippen LogP contribution < -0.4 is 11.1 Å². The van der Waals surface area contributed by atoms with Crippen molar-refractivity contribution in [3.05, 3.63) is 23.8 Å². The molecule has 94 valence electrons. The van der Waals surface area contributed by atoms with Gasteiger partial charge in [-0.2, -0.15) is 0 Å². The molecule has 0 radical (unpaired) electrons. The zero-order chi connectivity index (χ0) is 12.4. The first-order valence-electron chi connectivity index (χ1n) is 6.39. The fourth-order valence-electron chi connectivity index (χ4n) is 2.39. The van der Waals surface area contributed by atoms with Gasteiger partial charge in [0.15, 0.2) is 0 Å². The van der Waals surface area contributed by atoms with Crippen LogP contribution in [-0.2, 0) is 0 Å². The zero-order valence-electron chi connectivity index (χ0n) is 11.0. The molecule has 1 saturated heterocycles. The van der Waals surface area contributed by atoms with Gasteiger partial charge in [-0.1, -0.05) is 6.07 Å². The number of benzene rings is 1. The van der Waals surface area contributed by atoms with Crippen molar-refractivity contribution in [1.29, 1.82) is 0 Å². The molecule has 2 atom stereocenters. The van der Waals surface area contributed by atoms with Crippen LogP contribution in [0.3, 0.4) is 0 Å². The maximum absolute atomic E-state index is 5.93. The number of rotatable bonds is 2. The number of likely N-dealkylation sites (tertiary alicyclic amines) is 1. The number of nitrogen functional groups attached to an aromatic ring is 1. The Morgan fingerprint density at radius 3 is 2.82 bits per heavy atom. The van der Waals surface area contributed by atoms with Gasteiger partial charge in [-0.15, -0.1) is 0 Å². The number of piperidine rings is 1. The van der Waals surface area contributed by atoms with E-state index in [1.165, 1.54) is 19.4 Å². The number of aryl methyl sites for hydroxylation is 1. The van der Waals surface area contributed by atoms with Gasteiger partial charge in [0.2, 0.25) is 0 Å². The summed E-state index contributed by atoms with van der Waals surface area (Å²) < 4.78 is 0. The second kappa shape index (κ2) is 4.96. The van der Waals surface area contributed by atoms with Gasteiger partial charge in [0.05, 0.1) is 0 Å². The number of nitrogens with one attached hydrogen (secondary N) is 1. The van der Waals surface area contributed by atoms with E-state index in [4.69, 9.17) is 5.73 Å². The third-order valence-corrected chi connectivity index (χ3v) is 3.86. The Morgan fingerprint density at radius 1 is 1.41 bits per heavy atom. The quantitative estimate of drug-likeness (QED) is 0.771. The molecular formula is C14H23N3. The fourth-order valence-corrected chi connectivity index (χ4v) is 2.39. The van der Waals surface area contributed by atoms with Gasteiger partial charge >= 0.3 is 0 Å². The minimum atomic E-state index is 0.573. The second-order valence-electron chi connectivity index (χ2n) is 5.27. The lowest BCUT2D eigenvalue weighted by Gasteiger charge is -2.35. The van der Waals surface area contributed by atoms with E-state index < -0.39 is 0 Å². The van der Waals surface area contributed by atoms with E-state index in [1.54, 1.807) is 0 Å². The van der Waals surface area contributed by atoms with Crippen molar-refractivity contribution in [3.63, 3.8) is 0 Å². The fraction of sp³-hybridized carbons (Fsp3) is 0.571. The van der Waals surface area contributed by atoms with Crippen molar-refractivity contribution >= 4 is 11.4 Å². The molecule has 2 rings (SSSR count). The molecule has 1 aliphatic heterocycles. The third kappa shape index (κ3) is 2.91. The van der Waals surface area contributed by atoms with E-state index in [0.29, 0.717) is 12.1 Å². The monoisotopic (exact) mass is 233 g/mol. The molecule has 2 unspecified atom stereocenters. The highest BCUT2D eigenvalue weighted by Crippen LogP contribution is 2.22. The first-order chi connectivity index (χ1) is 8.06. The third-order valence-electron chi connectivity index (χ3n) is 3.86. The van der Waals surface area contributed by atoms with Gasteiger partial charge in [0.25, 0.3) is 0 Å². The molecule has 0 saturated carbocycles. The number of nitrogens with two attached hydrogens (primary N) is 1. The Bertz CT molecular complexity index is 389. The average molecular weight is 233 g/mol. The molecule has 1 aromatic carbocycles. The van der Waals surface area contributed by atoms with E-state index in [2.05, 4.69) is 36.3 Å². The summed E-state index contributed by atoms with van der Waals surface area (Å²) in [5, 5.41) is 3.59. The molecule has 1 aromatic rings. The highest BCUT2D eigenvalue weighted by Gasteiger charge is 2.22. The predicted octanol–water partition coefficient (Wildman–Crippen LogP) is 2.47. The Balaban J connectivity index is 1.99. The molecule has 3 heteroatoms. The van der Waals surface area contributed by atoms with Crippen LogP contribution in [0.15, 0.2) is 18.2 Å². The van der Waals surface area contributed by atoms with Crippen molar-refractivity contribution in [2.75, 3.05) is 24.6 Å². The zero-order valence-corrected chi connectivity index (χ0v) is 11.0. The van der Waals surface area contributed by atoms with E-state index in [1.807, 2.05) is 13.0 Å². The van der Waals surface area contributed by atoms with Crippen LogP contribution in [0.1, 0.15) is 25.3 Å². The lowest BCUT2D eigenvalue weighted by Crippen LogP contribution is -2.42. The molecule has 1 fully saturated rings. The Kier molecular flexibility index (Phi) is 3.57. The SMILES string of the molecule is Cc1ccc(NC2CCN(C)C(C)C2)cc1N. The van der Waals surface area contributed by atoms with Gasteiger partial charge in [-0.05, 0) is 51.4 Å². The van der Waals surface area contributed by atoms with E-state index >= 15 is 0 Å². The first kappa shape index (κ1) is 12.2. The molecule has 0 spiro atoms. The Morgan fingerprint density at radius 2 is 2.18 bits per heavy atom. The Hall–Kier alpha value is -1.22. The first-order valence-corrected chi connectivity index (χ1v) is 6.39. The summed E-state index contributed by atoms with van der Waals surface area (Å²) in [6, 6.07) is 7.47. The number of hydrogen-bond donors (Lipinski definition) is 2. The summed E-state index contributed by atoms with van der Waals surface area (Å²) >= 11 is 0. The minimum absolute atomic E-state index is 0.573. The standard InChI is InChI=1S/C14H23N3/c1-10-4-5-12(9-14(10)15)16-13-6-7-17(3)11(2)8-13/h4-5,9,11,13,16H,6-8,15H2,1-3H3. The van der Waals surface area contributed by atoms with Crippen LogP contribution in [0.25, 0.3) is 0 Å². The molecular weight excluding hydrogens is 210 g/mol.